The summed E-state index contributed by atoms with van der Waals surface area (Å²) in [5.74, 6) is 0.00498. The van der Waals surface area contributed by atoms with Gasteiger partial charge in [0.1, 0.15) is 6.61 Å². The summed E-state index contributed by atoms with van der Waals surface area (Å²) in [4.78, 5) is 12.4. The van der Waals surface area contributed by atoms with E-state index >= 15 is 0 Å². The second-order valence-electron chi connectivity index (χ2n) is 2.70. The normalized spacial score (nSPS) is 9.86. The van der Waals surface area contributed by atoms with Crippen LogP contribution in [0.3, 0.4) is 0 Å². The number of ether oxygens (including phenoxy) is 1. The molecule has 0 aliphatic heterocycles. The molecule has 1 heterocycles. The highest BCUT2D eigenvalue weighted by atomic mass is 32.1. The Kier molecular flexibility index (Phi) is 3.63. The Morgan fingerprint density at radius 2 is 2.36 bits per heavy atom. The van der Waals surface area contributed by atoms with Gasteiger partial charge in [0.05, 0.1) is 6.54 Å². The Morgan fingerprint density at radius 1 is 1.64 bits per heavy atom. The van der Waals surface area contributed by atoms with Gasteiger partial charge in [0.15, 0.2) is 0 Å². The molecular formula is C7H12N4O2S. The zero-order valence-corrected chi connectivity index (χ0v) is 8.87. The Morgan fingerprint density at radius 3 is 2.86 bits per heavy atom. The van der Waals surface area contributed by atoms with Crippen LogP contribution in [0.2, 0.25) is 0 Å². The van der Waals surface area contributed by atoms with Gasteiger partial charge in [-0.15, -0.1) is 5.10 Å². The smallest absolute Gasteiger partial charge is 0.295 e. The summed E-state index contributed by atoms with van der Waals surface area (Å²) in [5, 5.41) is 8.07. The van der Waals surface area contributed by atoms with Crippen molar-refractivity contribution in [1.29, 1.82) is 0 Å². The first-order chi connectivity index (χ1) is 6.59. The van der Waals surface area contributed by atoms with Crippen molar-refractivity contribution < 1.29 is 9.53 Å². The molecule has 6 nitrogen and oxygen atoms in total. The average molecular weight is 216 g/mol. The van der Waals surface area contributed by atoms with Crippen molar-refractivity contribution in [3.8, 4) is 5.19 Å². The van der Waals surface area contributed by atoms with Gasteiger partial charge < -0.3 is 15.4 Å². The average Bonchev–Trinajstić information content (AvgIpc) is 2.51. The molecule has 2 N–H and O–H groups in total. The number of hydrogen-bond donors (Lipinski definition) is 1. The molecule has 0 saturated heterocycles. The predicted octanol–water partition coefficient (Wildman–Crippen LogP) is -0.0226. The van der Waals surface area contributed by atoms with Crippen molar-refractivity contribution in [2.75, 3.05) is 25.9 Å². The van der Waals surface area contributed by atoms with E-state index in [0.717, 1.165) is 0 Å². The molecular weight excluding hydrogens is 204 g/mol. The topological polar surface area (TPSA) is 81.3 Å². The van der Waals surface area contributed by atoms with Crippen molar-refractivity contribution in [1.82, 2.24) is 15.1 Å². The highest BCUT2D eigenvalue weighted by Gasteiger charge is 2.04. The minimum absolute atomic E-state index is 0.00498. The number of carbonyl (C=O) groups is 1. The maximum absolute atomic E-state index is 10.8. The maximum atomic E-state index is 10.8. The summed E-state index contributed by atoms with van der Waals surface area (Å²) in [6, 6.07) is 0. The number of rotatable bonds is 4. The van der Waals surface area contributed by atoms with Crippen LogP contribution < -0.4 is 10.5 Å². The number of aromatic nitrogens is 2. The Hall–Kier alpha value is -1.37. The van der Waals surface area contributed by atoms with E-state index in [1.807, 2.05) is 0 Å². The maximum Gasteiger partial charge on any atom is 0.295 e. The molecule has 0 aromatic carbocycles. The van der Waals surface area contributed by atoms with Gasteiger partial charge in [-0.2, -0.15) is 0 Å². The summed E-state index contributed by atoms with van der Waals surface area (Å²) in [6.07, 6.45) is 0. The molecule has 0 radical (unpaired) electrons. The third kappa shape index (κ3) is 3.17. The molecule has 0 bridgehead atoms. The fraction of sp³-hybridized carbons (Fsp3) is 0.571. The number of hydrogen-bond acceptors (Lipinski definition) is 6. The molecule has 0 unspecified atom stereocenters. The van der Waals surface area contributed by atoms with E-state index in [-0.39, 0.29) is 5.91 Å². The summed E-state index contributed by atoms with van der Waals surface area (Å²) in [6.45, 7) is 2.42. The van der Waals surface area contributed by atoms with Crippen LogP contribution in [0.1, 0.15) is 6.92 Å². The summed E-state index contributed by atoms with van der Waals surface area (Å²) in [7, 11) is 1.71. The first-order valence-corrected chi connectivity index (χ1v) is 4.84. The van der Waals surface area contributed by atoms with E-state index in [1.54, 1.807) is 11.9 Å². The van der Waals surface area contributed by atoms with Crippen molar-refractivity contribution in [2.24, 2.45) is 0 Å². The van der Waals surface area contributed by atoms with E-state index in [1.165, 1.54) is 18.3 Å². The van der Waals surface area contributed by atoms with E-state index in [0.29, 0.717) is 23.5 Å². The lowest BCUT2D eigenvalue weighted by Gasteiger charge is -2.13. The fourth-order valence-corrected chi connectivity index (χ4v) is 1.19. The molecule has 1 aromatic rings. The van der Waals surface area contributed by atoms with Crippen LogP contribution in [0.25, 0.3) is 0 Å². The lowest BCUT2D eigenvalue weighted by Crippen LogP contribution is -2.28. The standard InChI is InChI=1S/C7H12N4O2S/c1-5(12)11(2)3-4-13-7-10-9-6(8)14-7/h3-4H2,1-2H3,(H2,8,9). The molecule has 78 valence electrons. The number of carbonyl (C=O) groups excluding carboxylic acids is 1. The first-order valence-electron chi connectivity index (χ1n) is 4.03. The quantitative estimate of drug-likeness (QED) is 0.764. The largest absolute Gasteiger partial charge is 0.467 e. The minimum atomic E-state index is 0.00498. The SMILES string of the molecule is CC(=O)N(C)CCOc1nnc(N)s1. The molecule has 1 rings (SSSR count). The molecule has 1 aromatic heterocycles. The van der Waals surface area contributed by atoms with Crippen LogP contribution >= 0.6 is 11.3 Å². The van der Waals surface area contributed by atoms with Crippen LogP contribution in [-0.4, -0.2) is 41.2 Å². The molecule has 1 amide bonds. The van der Waals surface area contributed by atoms with Gasteiger partial charge in [-0.3, -0.25) is 4.79 Å². The second-order valence-corrected chi connectivity index (χ2v) is 3.67. The van der Waals surface area contributed by atoms with Crippen LogP contribution in [0, 0.1) is 0 Å². The molecule has 0 saturated carbocycles. The lowest BCUT2D eigenvalue weighted by atomic mass is 10.5. The first kappa shape index (κ1) is 10.7. The Labute approximate surface area is 85.7 Å². The number of anilines is 1. The Balaban J connectivity index is 2.25. The third-order valence-corrected chi connectivity index (χ3v) is 2.28. The zero-order chi connectivity index (χ0) is 10.6. The van der Waals surface area contributed by atoms with Gasteiger partial charge in [0.25, 0.3) is 5.19 Å². The van der Waals surface area contributed by atoms with Gasteiger partial charge in [0.2, 0.25) is 11.0 Å². The minimum Gasteiger partial charge on any atom is -0.467 e. The number of nitrogens with zero attached hydrogens (tertiary/aromatic N) is 3. The fourth-order valence-electron chi connectivity index (χ4n) is 0.706. The molecule has 14 heavy (non-hydrogen) atoms. The van der Waals surface area contributed by atoms with Crippen LogP contribution in [0.5, 0.6) is 5.19 Å². The number of nitrogen functional groups attached to an aromatic ring is 1. The van der Waals surface area contributed by atoms with Crippen molar-refractivity contribution in [2.45, 2.75) is 6.92 Å². The number of amides is 1. The molecule has 0 aliphatic rings. The van der Waals surface area contributed by atoms with Crippen molar-refractivity contribution in [3.63, 3.8) is 0 Å². The van der Waals surface area contributed by atoms with Crippen LogP contribution in [0.15, 0.2) is 0 Å². The summed E-state index contributed by atoms with van der Waals surface area (Å²) >= 11 is 1.18. The summed E-state index contributed by atoms with van der Waals surface area (Å²) < 4.78 is 5.22. The van der Waals surface area contributed by atoms with E-state index in [2.05, 4.69) is 10.2 Å². The molecule has 0 fully saturated rings. The molecule has 0 atom stereocenters. The second kappa shape index (κ2) is 4.75. The van der Waals surface area contributed by atoms with Gasteiger partial charge in [-0.25, -0.2) is 0 Å². The zero-order valence-electron chi connectivity index (χ0n) is 8.06. The van der Waals surface area contributed by atoms with Gasteiger partial charge >= 0.3 is 0 Å². The lowest BCUT2D eigenvalue weighted by molar-refractivity contribution is -0.127. The summed E-state index contributed by atoms with van der Waals surface area (Å²) in [5.41, 5.74) is 5.36. The van der Waals surface area contributed by atoms with E-state index in [4.69, 9.17) is 10.5 Å². The Bertz CT molecular complexity index is 314. The highest BCUT2D eigenvalue weighted by Crippen LogP contribution is 2.18. The number of nitrogens with two attached hydrogens (primary N) is 1. The highest BCUT2D eigenvalue weighted by molar-refractivity contribution is 7.16. The van der Waals surface area contributed by atoms with Crippen molar-refractivity contribution >= 4 is 22.4 Å². The van der Waals surface area contributed by atoms with E-state index < -0.39 is 0 Å². The predicted molar refractivity (Wildman–Crippen MR) is 53.1 cm³/mol. The molecule has 0 spiro atoms. The van der Waals surface area contributed by atoms with Crippen molar-refractivity contribution in [3.05, 3.63) is 0 Å². The van der Waals surface area contributed by atoms with Crippen LogP contribution in [0.4, 0.5) is 5.13 Å². The van der Waals surface area contributed by atoms with Gasteiger partial charge in [-0.05, 0) is 11.3 Å². The van der Waals surface area contributed by atoms with Gasteiger partial charge in [0, 0.05) is 14.0 Å². The third-order valence-electron chi connectivity index (χ3n) is 1.61. The van der Waals surface area contributed by atoms with Crippen LogP contribution in [-0.2, 0) is 4.79 Å². The monoisotopic (exact) mass is 216 g/mol. The molecule has 0 aliphatic carbocycles. The van der Waals surface area contributed by atoms with Gasteiger partial charge in [-0.1, -0.05) is 5.10 Å². The molecule has 7 heteroatoms. The van der Waals surface area contributed by atoms with E-state index in [9.17, 15) is 4.79 Å². The number of likely N-dealkylation sites (N-methyl/N-ethyl adjacent to an activating group) is 1.